The van der Waals surface area contributed by atoms with Crippen LogP contribution in [-0.4, -0.2) is 13.0 Å². The van der Waals surface area contributed by atoms with E-state index in [0.717, 1.165) is 12.8 Å². The summed E-state index contributed by atoms with van der Waals surface area (Å²) >= 11 is 0. The zero-order valence-electron chi connectivity index (χ0n) is 15.9. The second-order valence-electron chi connectivity index (χ2n) is 6.09. The summed E-state index contributed by atoms with van der Waals surface area (Å²) in [5, 5.41) is 0. The van der Waals surface area contributed by atoms with E-state index in [1.807, 2.05) is 12.1 Å². The van der Waals surface area contributed by atoms with E-state index in [1.165, 1.54) is 62.6 Å². The Labute approximate surface area is 165 Å². The summed E-state index contributed by atoms with van der Waals surface area (Å²) in [5.74, 6) is 0.497. The van der Waals surface area contributed by atoms with Crippen LogP contribution in [0.25, 0.3) is 0 Å². The molecule has 1 unspecified atom stereocenters. The maximum atomic E-state index is 11.1. The molecule has 128 valence electrons. The standard InChI is InChI=1S/C18H30O3S.Na.H/c1-3-5-7-8-9-11-16(10-6-4-2)17-12-14-18(15-13-17)22(19,20)21;;/h12-16H,3-11H2,1-2H3,(H,19,20,21);;/q;+1;-1. The van der Waals surface area contributed by atoms with Gasteiger partial charge in [0.1, 0.15) is 0 Å². The van der Waals surface area contributed by atoms with Gasteiger partial charge in [0, 0.05) is 0 Å². The van der Waals surface area contributed by atoms with Gasteiger partial charge in [0.05, 0.1) is 4.90 Å². The third-order valence-corrected chi connectivity index (χ3v) is 5.08. The van der Waals surface area contributed by atoms with Gasteiger partial charge in [-0.3, -0.25) is 4.55 Å². The normalized spacial score (nSPS) is 12.7. The molecule has 0 saturated heterocycles. The van der Waals surface area contributed by atoms with E-state index in [9.17, 15) is 8.42 Å². The third-order valence-electron chi connectivity index (χ3n) is 4.21. The first-order valence-corrected chi connectivity index (χ1v) is 10.0. The quantitative estimate of drug-likeness (QED) is 0.379. The topological polar surface area (TPSA) is 54.4 Å². The monoisotopic (exact) mass is 350 g/mol. The van der Waals surface area contributed by atoms with E-state index in [4.69, 9.17) is 4.55 Å². The Hall–Kier alpha value is 0.130. The van der Waals surface area contributed by atoms with Gasteiger partial charge < -0.3 is 1.43 Å². The fourth-order valence-electron chi connectivity index (χ4n) is 2.83. The van der Waals surface area contributed by atoms with Gasteiger partial charge in [-0.25, -0.2) is 0 Å². The Bertz CT molecular complexity index is 518. The zero-order valence-corrected chi connectivity index (χ0v) is 17.7. The maximum absolute atomic E-state index is 11.1. The van der Waals surface area contributed by atoms with E-state index < -0.39 is 10.1 Å². The van der Waals surface area contributed by atoms with Crippen LogP contribution < -0.4 is 29.6 Å². The third kappa shape index (κ3) is 9.25. The average Bonchev–Trinajstić information content (AvgIpc) is 2.49. The van der Waals surface area contributed by atoms with Crippen molar-refractivity contribution < 1.29 is 44.0 Å². The molecule has 1 aromatic rings. The Morgan fingerprint density at radius 1 is 0.913 bits per heavy atom. The summed E-state index contributed by atoms with van der Waals surface area (Å²) in [4.78, 5) is -0.0200. The molecule has 0 aliphatic carbocycles. The first kappa shape index (κ1) is 23.1. The first-order chi connectivity index (χ1) is 10.5. The molecule has 0 saturated carbocycles. The van der Waals surface area contributed by atoms with Crippen molar-refractivity contribution in [2.45, 2.75) is 82.4 Å². The summed E-state index contributed by atoms with van der Waals surface area (Å²) in [6, 6.07) is 6.74. The number of hydrogen-bond donors (Lipinski definition) is 1. The van der Waals surface area contributed by atoms with E-state index in [-0.39, 0.29) is 35.9 Å². The largest absolute Gasteiger partial charge is 1.00 e. The van der Waals surface area contributed by atoms with Crippen LogP contribution >= 0.6 is 0 Å². The Morgan fingerprint density at radius 3 is 1.96 bits per heavy atom. The van der Waals surface area contributed by atoms with Gasteiger partial charge in [0.25, 0.3) is 10.1 Å². The first-order valence-electron chi connectivity index (χ1n) is 8.56. The number of rotatable bonds is 11. The molecule has 0 aromatic heterocycles. The fourth-order valence-corrected chi connectivity index (χ4v) is 3.31. The second-order valence-corrected chi connectivity index (χ2v) is 7.51. The van der Waals surface area contributed by atoms with Crippen molar-refractivity contribution in [2.75, 3.05) is 0 Å². The smallest absolute Gasteiger partial charge is 1.00 e. The average molecular weight is 350 g/mol. The van der Waals surface area contributed by atoms with Gasteiger partial charge >= 0.3 is 29.6 Å². The number of unbranched alkanes of at least 4 members (excludes halogenated alkanes) is 5. The van der Waals surface area contributed by atoms with Gasteiger partial charge in [0.2, 0.25) is 0 Å². The van der Waals surface area contributed by atoms with Gasteiger partial charge in [0.15, 0.2) is 0 Å². The predicted octanol–water partition coefficient (Wildman–Crippen LogP) is 2.68. The summed E-state index contributed by atoms with van der Waals surface area (Å²) in [7, 11) is -4.09. The molecule has 1 N–H and O–H groups in total. The SMILES string of the molecule is CCCCCCCC(CCCC)c1ccc(S(=O)(=O)O)cc1.[H-].[Na+]. The molecule has 3 nitrogen and oxygen atoms in total. The minimum Gasteiger partial charge on any atom is -1.00 e. The molecule has 0 bridgehead atoms. The predicted molar refractivity (Wildman–Crippen MR) is 93.0 cm³/mol. The molecule has 0 fully saturated rings. The van der Waals surface area contributed by atoms with Crippen LogP contribution in [0.15, 0.2) is 29.2 Å². The number of hydrogen-bond acceptors (Lipinski definition) is 2. The van der Waals surface area contributed by atoms with Crippen LogP contribution in [0.4, 0.5) is 0 Å². The maximum Gasteiger partial charge on any atom is 1.00 e. The van der Waals surface area contributed by atoms with Gasteiger partial charge in [-0.1, -0.05) is 70.9 Å². The molecule has 0 radical (unpaired) electrons. The van der Waals surface area contributed by atoms with Crippen LogP contribution in [0.3, 0.4) is 0 Å². The van der Waals surface area contributed by atoms with Crippen LogP contribution in [-0.2, 0) is 10.1 Å². The molecule has 1 rings (SSSR count). The molecular weight excluding hydrogens is 319 g/mol. The minimum absolute atomic E-state index is 0. The number of benzene rings is 1. The molecule has 1 aromatic carbocycles. The Morgan fingerprint density at radius 2 is 1.43 bits per heavy atom. The molecule has 0 aliphatic rings. The summed E-state index contributed by atoms with van der Waals surface area (Å²) in [6.45, 7) is 4.42. The fraction of sp³-hybridized carbons (Fsp3) is 0.667. The second kappa shape index (κ2) is 12.5. The molecule has 23 heavy (non-hydrogen) atoms. The van der Waals surface area contributed by atoms with Gasteiger partial charge in [-0.05, 0) is 36.5 Å². The Balaban J connectivity index is 0. The van der Waals surface area contributed by atoms with E-state index in [0.29, 0.717) is 5.92 Å². The zero-order chi connectivity index (χ0) is 16.4. The van der Waals surface area contributed by atoms with Crippen molar-refractivity contribution in [3.8, 4) is 0 Å². The molecule has 0 amide bonds. The van der Waals surface area contributed by atoms with Gasteiger partial charge in [-0.15, -0.1) is 0 Å². The summed E-state index contributed by atoms with van der Waals surface area (Å²) < 4.78 is 31.3. The molecule has 0 aliphatic heterocycles. The Kier molecular flexibility index (Phi) is 12.6. The summed E-state index contributed by atoms with van der Waals surface area (Å²) in [5.41, 5.74) is 1.19. The van der Waals surface area contributed by atoms with Crippen molar-refractivity contribution in [3.05, 3.63) is 29.8 Å². The van der Waals surface area contributed by atoms with Crippen molar-refractivity contribution in [1.82, 2.24) is 0 Å². The van der Waals surface area contributed by atoms with Crippen LogP contribution in [0.1, 0.15) is 84.5 Å². The van der Waals surface area contributed by atoms with E-state index in [1.54, 1.807) is 0 Å². The van der Waals surface area contributed by atoms with E-state index in [2.05, 4.69) is 13.8 Å². The van der Waals surface area contributed by atoms with Crippen molar-refractivity contribution >= 4 is 10.1 Å². The molecular formula is C18H31NaO3S. The molecule has 0 spiro atoms. The van der Waals surface area contributed by atoms with Crippen molar-refractivity contribution in [3.63, 3.8) is 0 Å². The molecule has 1 atom stereocenters. The van der Waals surface area contributed by atoms with Crippen molar-refractivity contribution in [2.24, 2.45) is 0 Å². The van der Waals surface area contributed by atoms with Crippen LogP contribution in [0.2, 0.25) is 0 Å². The van der Waals surface area contributed by atoms with Gasteiger partial charge in [-0.2, -0.15) is 8.42 Å². The molecule has 0 heterocycles. The summed E-state index contributed by atoms with van der Waals surface area (Å²) in [6.07, 6.45) is 11.1. The van der Waals surface area contributed by atoms with Crippen LogP contribution in [0.5, 0.6) is 0 Å². The van der Waals surface area contributed by atoms with Crippen molar-refractivity contribution in [1.29, 1.82) is 0 Å². The minimum atomic E-state index is -4.09. The van der Waals surface area contributed by atoms with Crippen LogP contribution in [0, 0.1) is 0 Å². The molecule has 5 heteroatoms. The van der Waals surface area contributed by atoms with E-state index >= 15 is 0 Å².